The number of likely N-dealkylation sites (N-methyl/N-ethyl adjacent to an activating group) is 1. The second kappa shape index (κ2) is 12.2. The largest absolute Gasteiger partial charge is 0.485 e. The zero-order valence-electron chi connectivity index (χ0n) is 20.4. The lowest BCUT2D eigenvalue weighted by Gasteiger charge is -2.23. The van der Waals surface area contributed by atoms with Crippen LogP contribution in [0.3, 0.4) is 0 Å². The first-order valence-electron chi connectivity index (χ1n) is 12.0. The van der Waals surface area contributed by atoms with Crippen molar-refractivity contribution < 1.29 is 14.6 Å². The molecule has 0 fully saturated rings. The Kier molecular flexibility index (Phi) is 8.55. The highest BCUT2D eigenvalue weighted by molar-refractivity contribution is 5.48. The number of aryl methyl sites for hydroxylation is 1. The SMILES string of the molecule is Cc1cc(OCc2ccccc2)c(OCc2ccccc2)cc1C(O)CN(C)Cc1ccccc1. The molecule has 0 heterocycles. The number of ether oxygens (including phenoxy) is 2. The van der Waals surface area contributed by atoms with Gasteiger partial charge in [-0.15, -0.1) is 0 Å². The molecule has 0 spiro atoms. The minimum Gasteiger partial charge on any atom is -0.485 e. The lowest BCUT2D eigenvalue weighted by atomic mass is 10.0. The highest BCUT2D eigenvalue weighted by Gasteiger charge is 2.18. The van der Waals surface area contributed by atoms with Gasteiger partial charge in [0.25, 0.3) is 0 Å². The van der Waals surface area contributed by atoms with Crippen LogP contribution in [0.5, 0.6) is 11.5 Å². The normalized spacial score (nSPS) is 11.9. The Morgan fingerprint density at radius 3 is 1.66 bits per heavy atom. The molecular weight excluding hydrogens is 434 g/mol. The van der Waals surface area contributed by atoms with Gasteiger partial charge in [-0.25, -0.2) is 0 Å². The third kappa shape index (κ3) is 7.19. The van der Waals surface area contributed by atoms with E-state index in [1.54, 1.807) is 0 Å². The van der Waals surface area contributed by atoms with Crippen molar-refractivity contribution in [2.75, 3.05) is 13.6 Å². The molecule has 180 valence electrons. The Bertz CT molecular complexity index is 1180. The summed E-state index contributed by atoms with van der Waals surface area (Å²) in [4.78, 5) is 2.13. The zero-order valence-corrected chi connectivity index (χ0v) is 20.4. The quantitative estimate of drug-likeness (QED) is 0.280. The molecule has 1 unspecified atom stereocenters. The summed E-state index contributed by atoms with van der Waals surface area (Å²) in [6.07, 6.45) is -0.647. The molecule has 4 rings (SSSR count). The Morgan fingerprint density at radius 1 is 0.686 bits per heavy atom. The van der Waals surface area contributed by atoms with Crippen LogP contribution in [0, 0.1) is 6.92 Å². The van der Waals surface area contributed by atoms with E-state index >= 15 is 0 Å². The second-order valence-corrected chi connectivity index (χ2v) is 8.90. The molecule has 35 heavy (non-hydrogen) atoms. The summed E-state index contributed by atoms with van der Waals surface area (Å²) in [5.41, 5.74) is 5.20. The Labute approximate surface area is 208 Å². The van der Waals surface area contributed by atoms with Gasteiger partial charge in [0.1, 0.15) is 13.2 Å². The van der Waals surface area contributed by atoms with Crippen molar-refractivity contribution in [2.45, 2.75) is 32.8 Å². The molecule has 1 atom stereocenters. The zero-order chi connectivity index (χ0) is 24.5. The first-order valence-corrected chi connectivity index (χ1v) is 12.0. The van der Waals surface area contributed by atoms with Crippen LogP contribution >= 0.6 is 0 Å². The van der Waals surface area contributed by atoms with Crippen molar-refractivity contribution in [3.05, 3.63) is 131 Å². The summed E-state index contributed by atoms with van der Waals surface area (Å²) >= 11 is 0. The minimum atomic E-state index is -0.647. The van der Waals surface area contributed by atoms with Gasteiger partial charge in [-0.1, -0.05) is 91.0 Å². The van der Waals surface area contributed by atoms with E-state index in [1.807, 2.05) is 105 Å². The topological polar surface area (TPSA) is 41.9 Å². The van der Waals surface area contributed by atoms with Crippen LogP contribution < -0.4 is 9.47 Å². The molecule has 0 saturated heterocycles. The van der Waals surface area contributed by atoms with E-state index < -0.39 is 6.10 Å². The van der Waals surface area contributed by atoms with Crippen LogP contribution in [0.2, 0.25) is 0 Å². The number of hydrogen-bond acceptors (Lipinski definition) is 4. The third-order valence-electron chi connectivity index (χ3n) is 5.95. The van der Waals surface area contributed by atoms with E-state index in [1.165, 1.54) is 5.56 Å². The molecule has 0 aliphatic rings. The van der Waals surface area contributed by atoms with Gasteiger partial charge in [-0.3, -0.25) is 4.90 Å². The summed E-state index contributed by atoms with van der Waals surface area (Å²) < 4.78 is 12.4. The first-order chi connectivity index (χ1) is 17.1. The molecule has 0 radical (unpaired) electrons. The fraction of sp³-hybridized carbons (Fsp3) is 0.226. The number of hydrogen-bond donors (Lipinski definition) is 1. The van der Waals surface area contributed by atoms with E-state index in [0.29, 0.717) is 31.3 Å². The van der Waals surface area contributed by atoms with E-state index in [0.717, 1.165) is 28.8 Å². The highest BCUT2D eigenvalue weighted by atomic mass is 16.5. The molecule has 0 aliphatic heterocycles. The Balaban J connectivity index is 1.52. The summed E-state index contributed by atoms with van der Waals surface area (Å²) in [5, 5.41) is 11.1. The van der Waals surface area contributed by atoms with Gasteiger partial charge in [0.05, 0.1) is 6.10 Å². The molecule has 0 bridgehead atoms. The minimum absolute atomic E-state index is 0.426. The molecule has 4 heteroatoms. The molecule has 0 saturated carbocycles. The van der Waals surface area contributed by atoms with Crippen LogP contribution in [0.25, 0.3) is 0 Å². The van der Waals surface area contributed by atoms with Crippen LogP contribution in [0.4, 0.5) is 0 Å². The number of aliphatic hydroxyl groups excluding tert-OH is 1. The van der Waals surface area contributed by atoms with Gasteiger partial charge in [-0.2, -0.15) is 0 Å². The van der Waals surface area contributed by atoms with E-state index in [9.17, 15) is 5.11 Å². The lowest BCUT2D eigenvalue weighted by Crippen LogP contribution is -2.24. The molecule has 4 aromatic carbocycles. The smallest absolute Gasteiger partial charge is 0.162 e. The fourth-order valence-electron chi connectivity index (χ4n) is 4.09. The van der Waals surface area contributed by atoms with Gasteiger partial charge < -0.3 is 14.6 Å². The summed E-state index contributed by atoms with van der Waals surface area (Å²) in [7, 11) is 2.02. The monoisotopic (exact) mass is 467 g/mol. The number of benzene rings is 4. The van der Waals surface area contributed by atoms with Gasteiger partial charge in [0.15, 0.2) is 11.5 Å². The predicted molar refractivity (Wildman–Crippen MR) is 140 cm³/mol. The van der Waals surface area contributed by atoms with E-state index in [-0.39, 0.29) is 0 Å². The van der Waals surface area contributed by atoms with Crippen LogP contribution in [0.15, 0.2) is 103 Å². The first kappa shape index (κ1) is 24.5. The standard InChI is InChI=1S/C31H33NO3/c1-24-18-30(34-22-26-14-8-4-9-15-26)31(35-23-27-16-10-5-11-17-27)19-28(24)29(33)21-32(2)20-25-12-6-3-7-13-25/h3-19,29,33H,20-23H2,1-2H3. The summed E-state index contributed by atoms with van der Waals surface area (Å²) in [5.74, 6) is 1.31. The van der Waals surface area contributed by atoms with Crippen molar-refractivity contribution in [1.29, 1.82) is 0 Å². The van der Waals surface area contributed by atoms with Gasteiger partial charge >= 0.3 is 0 Å². The van der Waals surface area contributed by atoms with E-state index in [2.05, 4.69) is 17.0 Å². The van der Waals surface area contributed by atoms with Gasteiger partial charge in [-0.05, 0) is 53.9 Å². The average molecular weight is 468 g/mol. The fourth-order valence-corrected chi connectivity index (χ4v) is 4.09. The van der Waals surface area contributed by atoms with Crippen LogP contribution in [0.1, 0.15) is 33.9 Å². The van der Waals surface area contributed by atoms with E-state index in [4.69, 9.17) is 9.47 Å². The predicted octanol–water partition coefficient (Wildman–Crippen LogP) is 6.32. The summed E-state index contributed by atoms with van der Waals surface area (Å²) in [6.45, 7) is 4.16. The van der Waals surface area contributed by atoms with Crippen molar-refractivity contribution in [2.24, 2.45) is 0 Å². The molecule has 1 N–H and O–H groups in total. The summed E-state index contributed by atoms with van der Waals surface area (Å²) in [6, 6.07) is 34.3. The molecule has 0 aliphatic carbocycles. The number of aliphatic hydroxyl groups is 1. The molecule has 0 amide bonds. The lowest BCUT2D eigenvalue weighted by molar-refractivity contribution is 0.122. The Morgan fingerprint density at radius 2 is 1.14 bits per heavy atom. The van der Waals surface area contributed by atoms with Crippen molar-refractivity contribution >= 4 is 0 Å². The molecule has 4 aromatic rings. The number of rotatable bonds is 11. The molecule has 0 aromatic heterocycles. The third-order valence-corrected chi connectivity index (χ3v) is 5.95. The molecule has 4 nitrogen and oxygen atoms in total. The van der Waals surface area contributed by atoms with Gasteiger partial charge in [0, 0.05) is 13.1 Å². The Hall–Kier alpha value is -3.60. The maximum absolute atomic E-state index is 11.1. The van der Waals surface area contributed by atoms with Crippen molar-refractivity contribution in [3.8, 4) is 11.5 Å². The van der Waals surface area contributed by atoms with Crippen LogP contribution in [-0.2, 0) is 19.8 Å². The van der Waals surface area contributed by atoms with Crippen LogP contribution in [-0.4, -0.2) is 23.6 Å². The van der Waals surface area contributed by atoms with Crippen molar-refractivity contribution in [1.82, 2.24) is 4.90 Å². The number of nitrogens with zero attached hydrogens (tertiary/aromatic N) is 1. The molecular formula is C31H33NO3. The maximum atomic E-state index is 11.1. The van der Waals surface area contributed by atoms with Gasteiger partial charge in [0.2, 0.25) is 0 Å². The second-order valence-electron chi connectivity index (χ2n) is 8.90. The highest BCUT2D eigenvalue weighted by Crippen LogP contribution is 2.35. The average Bonchev–Trinajstić information content (AvgIpc) is 2.88. The van der Waals surface area contributed by atoms with Crippen molar-refractivity contribution in [3.63, 3.8) is 0 Å². The maximum Gasteiger partial charge on any atom is 0.162 e.